The second-order valence-corrected chi connectivity index (χ2v) is 7.76. The van der Waals surface area contributed by atoms with E-state index in [0.717, 1.165) is 10.6 Å². The third kappa shape index (κ3) is 2.51. The lowest BCUT2D eigenvalue weighted by Gasteiger charge is -2.14. The first-order valence-corrected chi connectivity index (χ1v) is 8.69. The smallest absolute Gasteiger partial charge is 0.0740 e. The summed E-state index contributed by atoms with van der Waals surface area (Å²) >= 11 is 12.0. The molecule has 0 amide bonds. The summed E-state index contributed by atoms with van der Waals surface area (Å²) in [6.07, 6.45) is 3.84. The van der Waals surface area contributed by atoms with Crippen LogP contribution in [0.3, 0.4) is 0 Å². The average molecular weight is 356 g/mol. The monoisotopic (exact) mass is 354 g/mol. The van der Waals surface area contributed by atoms with Gasteiger partial charge < -0.3 is 0 Å². The summed E-state index contributed by atoms with van der Waals surface area (Å²) in [7, 11) is 0. The lowest BCUT2D eigenvalue weighted by molar-refractivity contribution is 0.913. The Morgan fingerprint density at radius 1 is 1.16 bits per heavy atom. The van der Waals surface area contributed by atoms with Crippen LogP contribution in [-0.4, -0.2) is 0 Å². The van der Waals surface area contributed by atoms with E-state index in [9.17, 15) is 0 Å². The van der Waals surface area contributed by atoms with Gasteiger partial charge in [0.05, 0.1) is 4.83 Å². The van der Waals surface area contributed by atoms with Crippen molar-refractivity contribution in [3.05, 3.63) is 55.2 Å². The molecule has 3 heteroatoms. The Kier molecular flexibility index (Phi) is 3.76. The van der Waals surface area contributed by atoms with Crippen molar-refractivity contribution in [3.8, 4) is 0 Å². The highest BCUT2D eigenvalue weighted by Gasteiger charge is 2.21. The third-order valence-corrected chi connectivity index (χ3v) is 6.83. The van der Waals surface area contributed by atoms with E-state index in [-0.39, 0.29) is 0 Å². The van der Waals surface area contributed by atoms with Crippen molar-refractivity contribution in [1.29, 1.82) is 0 Å². The van der Waals surface area contributed by atoms with E-state index >= 15 is 0 Å². The van der Waals surface area contributed by atoms with Gasteiger partial charge in [-0.3, -0.25) is 0 Å². The highest BCUT2D eigenvalue weighted by atomic mass is 79.9. The summed E-state index contributed by atoms with van der Waals surface area (Å²) in [6, 6.07) is 6.67. The zero-order valence-corrected chi connectivity index (χ0v) is 14.3. The highest BCUT2D eigenvalue weighted by Crippen LogP contribution is 2.41. The van der Waals surface area contributed by atoms with E-state index in [2.05, 4.69) is 48.0 Å². The standard InChI is InChI=1S/C16H16BrClS/c1-9-7-13(18)10(2)6-12(9)16(17)15-8-11-4-3-5-14(11)19-15/h6-8,16H,3-5H2,1-2H3. The van der Waals surface area contributed by atoms with Crippen molar-refractivity contribution in [3.63, 3.8) is 0 Å². The fourth-order valence-corrected chi connectivity index (χ4v) is 5.09. The maximum absolute atomic E-state index is 6.18. The fraction of sp³-hybridized carbons (Fsp3) is 0.375. The van der Waals surface area contributed by atoms with E-state index in [1.54, 1.807) is 10.4 Å². The topological polar surface area (TPSA) is 0 Å². The van der Waals surface area contributed by atoms with Crippen LogP contribution in [0.1, 0.15) is 43.3 Å². The molecular weight excluding hydrogens is 340 g/mol. The van der Waals surface area contributed by atoms with Crippen LogP contribution < -0.4 is 0 Å². The molecule has 1 aromatic heterocycles. The molecule has 3 rings (SSSR count). The minimum Gasteiger partial charge on any atom is -0.144 e. The van der Waals surface area contributed by atoms with Crippen LogP contribution in [0.4, 0.5) is 0 Å². The first-order valence-electron chi connectivity index (χ1n) is 6.58. The molecule has 0 radical (unpaired) electrons. The number of thiophene rings is 1. The molecule has 2 aromatic rings. The van der Waals surface area contributed by atoms with Crippen molar-refractivity contribution in [2.24, 2.45) is 0 Å². The van der Waals surface area contributed by atoms with Gasteiger partial charge in [0.1, 0.15) is 0 Å². The van der Waals surface area contributed by atoms with Crippen molar-refractivity contribution < 1.29 is 0 Å². The second kappa shape index (κ2) is 5.23. The first kappa shape index (κ1) is 13.7. The van der Waals surface area contributed by atoms with Crippen molar-refractivity contribution in [2.75, 3.05) is 0 Å². The van der Waals surface area contributed by atoms with Gasteiger partial charge >= 0.3 is 0 Å². The van der Waals surface area contributed by atoms with E-state index in [0.29, 0.717) is 4.83 Å². The molecule has 0 bridgehead atoms. The van der Waals surface area contributed by atoms with Crippen molar-refractivity contribution >= 4 is 38.9 Å². The third-order valence-electron chi connectivity index (χ3n) is 3.84. The number of aryl methyl sites for hydroxylation is 4. The molecule has 0 N–H and O–H groups in total. The summed E-state index contributed by atoms with van der Waals surface area (Å²) in [6.45, 7) is 4.20. The zero-order chi connectivity index (χ0) is 13.6. The highest BCUT2D eigenvalue weighted by molar-refractivity contribution is 9.09. The molecule has 0 saturated heterocycles. The first-order chi connectivity index (χ1) is 9.06. The fourth-order valence-electron chi connectivity index (χ4n) is 2.71. The number of alkyl halides is 1. The van der Waals surface area contributed by atoms with Crippen LogP contribution >= 0.6 is 38.9 Å². The summed E-state index contributed by atoms with van der Waals surface area (Å²) < 4.78 is 0. The van der Waals surface area contributed by atoms with Gasteiger partial charge in [-0.05, 0) is 67.5 Å². The molecule has 1 aliphatic carbocycles. The van der Waals surface area contributed by atoms with Crippen LogP contribution in [-0.2, 0) is 12.8 Å². The molecule has 19 heavy (non-hydrogen) atoms. The number of fused-ring (bicyclic) bond motifs is 1. The van der Waals surface area contributed by atoms with Gasteiger partial charge in [0.25, 0.3) is 0 Å². The second-order valence-electron chi connectivity index (χ2n) is 5.27. The molecular formula is C16H16BrClS. The predicted molar refractivity (Wildman–Crippen MR) is 88.0 cm³/mol. The number of hydrogen-bond acceptors (Lipinski definition) is 1. The molecule has 1 aromatic carbocycles. The van der Waals surface area contributed by atoms with Gasteiger partial charge in [0.15, 0.2) is 0 Å². The minimum atomic E-state index is 0.291. The molecule has 1 unspecified atom stereocenters. The lowest BCUT2D eigenvalue weighted by Crippen LogP contribution is -1.95. The Balaban J connectivity index is 1.99. The average Bonchev–Trinajstić information content (AvgIpc) is 2.93. The van der Waals surface area contributed by atoms with Crippen LogP contribution in [0, 0.1) is 13.8 Å². The molecule has 0 spiro atoms. The van der Waals surface area contributed by atoms with Gasteiger partial charge in [-0.2, -0.15) is 0 Å². The summed E-state index contributed by atoms with van der Waals surface area (Å²) in [5, 5.41) is 0.856. The van der Waals surface area contributed by atoms with Crippen LogP contribution in [0.15, 0.2) is 18.2 Å². The minimum absolute atomic E-state index is 0.291. The number of halogens is 2. The largest absolute Gasteiger partial charge is 0.144 e. The molecule has 1 heterocycles. The van der Waals surface area contributed by atoms with Gasteiger partial charge in [0, 0.05) is 14.8 Å². The van der Waals surface area contributed by atoms with Crippen molar-refractivity contribution in [1.82, 2.24) is 0 Å². The Labute approximate surface area is 131 Å². The van der Waals surface area contributed by atoms with Gasteiger partial charge in [0.2, 0.25) is 0 Å². The van der Waals surface area contributed by atoms with Crippen molar-refractivity contribution in [2.45, 2.75) is 37.9 Å². The Morgan fingerprint density at radius 2 is 1.95 bits per heavy atom. The van der Waals surface area contributed by atoms with Crippen LogP contribution in [0.25, 0.3) is 0 Å². The number of hydrogen-bond donors (Lipinski definition) is 0. The molecule has 0 fully saturated rings. The summed E-state index contributed by atoms with van der Waals surface area (Å²) in [4.78, 5) is 3.30. The maximum Gasteiger partial charge on any atom is 0.0740 e. The van der Waals surface area contributed by atoms with E-state index < -0.39 is 0 Å². The summed E-state index contributed by atoms with van der Waals surface area (Å²) in [5.41, 5.74) is 5.30. The van der Waals surface area contributed by atoms with Crippen LogP contribution in [0.5, 0.6) is 0 Å². The van der Waals surface area contributed by atoms with Gasteiger partial charge in [-0.15, -0.1) is 11.3 Å². The Hall–Kier alpha value is -0.310. The molecule has 0 nitrogen and oxygen atoms in total. The zero-order valence-electron chi connectivity index (χ0n) is 11.1. The lowest BCUT2D eigenvalue weighted by atomic mass is 10.0. The van der Waals surface area contributed by atoms with Crippen LogP contribution in [0.2, 0.25) is 5.02 Å². The van der Waals surface area contributed by atoms with E-state index in [1.807, 2.05) is 11.3 Å². The Morgan fingerprint density at radius 3 is 2.68 bits per heavy atom. The molecule has 0 saturated carbocycles. The summed E-state index contributed by atoms with van der Waals surface area (Å²) in [5.74, 6) is 0. The van der Waals surface area contributed by atoms with Gasteiger partial charge in [-0.25, -0.2) is 0 Å². The predicted octanol–water partition coefficient (Wildman–Crippen LogP) is 5.99. The maximum atomic E-state index is 6.18. The number of benzene rings is 1. The molecule has 100 valence electrons. The van der Waals surface area contributed by atoms with E-state index in [4.69, 9.17) is 11.6 Å². The molecule has 1 aliphatic rings. The SMILES string of the molecule is Cc1cc(C(Br)c2cc3c(s2)CCC3)c(C)cc1Cl. The quantitative estimate of drug-likeness (QED) is 0.580. The van der Waals surface area contributed by atoms with E-state index in [1.165, 1.54) is 35.3 Å². The Bertz CT molecular complexity index is 608. The number of rotatable bonds is 2. The normalized spacial score (nSPS) is 15.6. The van der Waals surface area contributed by atoms with Gasteiger partial charge in [-0.1, -0.05) is 33.6 Å². The molecule has 0 aliphatic heterocycles. The molecule has 1 atom stereocenters.